The summed E-state index contributed by atoms with van der Waals surface area (Å²) < 4.78 is 13.5. The average Bonchev–Trinajstić information content (AvgIpc) is 2.38. The number of phenols is 1. The van der Waals surface area contributed by atoms with Gasteiger partial charge in [-0.3, -0.25) is 0 Å². The summed E-state index contributed by atoms with van der Waals surface area (Å²) in [6.45, 7) is 2.56. The van der Waals surface area contributed by atoms with Crippen molar-refractivity contribution in [3.8, 4) is 5.75 Å². The van der Waals surface area contributed by atoms with E-state index in [9.17, 15) is 9.50 Å². The molecule has 0 amide bonds. The Morgan fingerprint density at radius 2 is 1.78 bits per heavy atom. The van der Waals surface area contributed by atoms with Crippen molar-refractivity contribution in [2.45, 2.75) is 19.5 Å². The maximum absolute atomic E-state index is 13.5. The summed E-state index contributed by atoms with van der Waals surface area (Å²) in [7, 11) is 0. The number of aromatic hydroxyl groups is 1. The molecule has 18 heavy (non-hydrogen) atoms. The van der Waals surface area contributed by atoms with Crippen LogP contribution in [0.1, 0.15) is 24.1 Å². The fourth-order valence-corrected chi connectivity index (χ4v) is 1.82. The highest BCUT2D eigenvalue weighted by Crippen LogP contribution is 2.17. The van der Waals surface area contributed by atoms with Crippen molar-refractivity contribution in [3.63, 3.8) is 0 Å². The van der Waals surface area contributed by atoms with E-state index in [0.29, 0.717) is 12.1 Å². The third-order valence-electron chi connectivity index (χ3n) is 2.92. The normalized spacial score (nSPS) is 12.3. The molecule has 0 spiro atoms. The van der Waals surface area contributed by atoms with Crippen LogP contribution in [0.4, 0.5) is 4.39 Å². The zero-order valence-corrected chi connectivity index (χ0v) is 10.2. The molecule has 0 aromatic heterocycles. The first-order valence-electron chi connectivity index (χ1n) is 5.92. The third kappa shape index (κ3) is 3.08. The number of rotatable bonds is 4. The summed E-state index contributed by atoms with van der Waals surface area (Å²) in [6, 6.07) is 13.7. The van der Waals surface area contributed by atoms with Crippen molar-refractivity contribution in [2.75, 3.05) is 0 Å². The van der Waals surface area contributed by atoms with Gasteiger partial charge in [-0.05, 0) is 30.7 Å². The van der Waals surface area contributed by atoms with Crippen LogP contribution in [0.2, 0.25) is 0 Å². The van der Waals surface area contributed by atoms with Crippen molar-refractivity contribution in [1.29, 1.82) is 0 Å². The van der Waals surface area contributed by atoms with Gasteiger partial charge in [-0.2, -0.15) is 0 Å². The lowest BCUT2D eigenvalue weighted by molar-refractivity contribution is 0.474. The first-order chi connectivity index (χ1) is 8.66. The molecule has 0 aliphatic heterocycles. The zero-order valence-electron chi connectivity index (χ0n) is 10.2. The Morgan fingerprint density at radius 1 is 1.11 bits per heavy atom. The standard InChI is InChI=1S/C15H16FNO/c1-11(14-4-2-3-5-15(14)16)17-10-12-6-8-13(18)9-7-12/h2-9,11,17-18H,10H2,1H3. The van der Waals surface area contributed by atoms with Crippen molar-refractivity contribution in [2.24, 2.45) is 0 Å². The molecule has 0 fully saturated rings. The molecule has 0 bridgehead atoms. The Bertz CT molecular complexity index is 510. The van der Waals surface area contributed by atoms with Gasteiger partial charge >= 0.3 is 0 Å². The van der Waals surface area contributed by atoms with Gasteiger partial charge in [-0.15, -0.1) is 0 Å². The number of nitrogens with one attached hydrogen (secondary N) is 1. The first-order valence-corrected chi connectivity index (χ1v) is 5.92. The highest BCUT2D eigenvalue weighted by Gasteiger charge is 2.09. The molecule has 0 heterocycles. The van der Waals surface area contributed by atoms with Crippen LogP contribution < -0.4 is 5.32 Å². The molecule has 2 rings (SSSR count). The Hall–Kier alpha value is -1.87. The summed E-state index contributed by atoms with van der Waals surface area (Å²) in [5.74, 6) is 0.0594. The first kappa shape index (κ1) is 12.6. The number of halogens is 1. The molecule has 0 saturated carbocycles. The van der Waals surface area contributed by atoms with Gasteiger partial charge < -0.3 is 10.4 Å². The van der Waals surface area contributed by atoms with Crippen LogP contribution in [-0.4, -0.2) is 5.11 Å². The predicted octanol–water partition coefficient (Wildman–Crippen LogP) is 3.38. The molecule has 0 radical (unpaired) electrons. The zero-order chi connectivity index (χ0) is 13.0. The van der Waals surface area contributed by atoms with Gasteiger partial charge in [0.2, 0.25) is 0 Å². The molecule has 94 valence electrons. The molecule has 3 heteroatoms. The molecule has 2 nitrogen and oxygen atoms in total. The van der Waals surface area contributed by atoms with Crippen LogP contribution >= 0.6 is 0 Å². The molecule has 2 aromatic rings. The Kier molecular flexibility index (Phi) is 3.95. The summed E-state index contributed by atoms with van der Waals surface area (Å²) in [4.78, 5) is 0. The highest BCUT2D eigenvalue weighted by molar-refractivity contribution is 5.26. The SMILES string of the molecule is CC(NCc1ccc(O)cc1)c1ccccc1F. The maximum atomic E-state index is 13.5. The molecule has 2 N–H and O–H groups in total. The molecular weight excluding hydrogens is 229 g/mol. The van der Waals surface area contributed by atoms with Crippen LogP contribution in [0.25, 0.3) is 0 Å². The van der Waals surface area contributed by atoms with Crippen molar-refractivity contribution >= 4 is 0 Å². The molecule has 0 aliphatic carbocycles. The fraction of sp³-hybridized carbons (Fsp3) is 0.200. The van der Waals surface area contributed by atoms with E-state index in [2.05, 4.69) is 5.32 Å². The highest BCUT2D eigenvalue weighted by atomic mass is 19.1. The van der Waals surface area contributed by atoms with Gasteiger partial charge in [0.25, 0.3) is 0 Å². The van der Waals surface area contributed by atoms with Crippen LogP contribution in [0.3, 0.4) is 0 Å². The van der Waals surface area contributed by atoms with E-state index < -0.39 is 0 Å². The van der Waals surface area contributed by atoms with Gasteiger partial charge in [0.15, 0.2) is 0 Å². The second kappa shape index (κ2) is 5.65. The number of hydrogen-bond donors (Lipinski definition) is 2. The van der Waals surface area contributed by atoms with E-state index >= 15 is 0 Å². The second-order valence-electron chi connectivity index (χ2n) is 4.29. The van der Waals surface area contributed by atoms with E-state index in [1.807, 2.05) is 25.1 Å². The molecule has 2 aromatic carbocycles. The largest absolute Gasteiger partial charge is 0.508 e. The lowest BCUT2D eigenvalue weighted by Crippen LogP contribution is -2.19. The topological polar surface area (TPSA) is 32.3 Å². The minimum Gasteiger partial charge on any atom is -0.508 e. The van der Waals surface area contributed by atoms with Crippen molar-refractivity contribution in [3.05, 3.63) is 65.5 Å². The summed E-state index contributed by atoms with van der Waals surface area (Å²) in [5, 5.41) is 12.4. The Labute approximate surface area is 106 Å². The predicted molar refractivity (Wildman–Crippen MR) is 69.8 cm³/mol. The van der Waals surface area contributed by atoms with Gasteiger partial charge in [0.05, 0.1) is 0 Å². The van der Waals surface area contributed by atoms with Gasteiger partial charge in [-0.1, -0.05) is 30.3 Å². The third-order valence-corrected chi connectivity index (χ3v) is 2.92. The van der Waals surface area contributed by atoms with E-state index in [1.165, 1.54) is 6.07 Å². The van der Waals surface area contributed by atoms with Crippen LogP contribution in [-0.2, 0) is 6.54 Å². The Balaban J connectivity index is 1.98. The molecule has 1 unspecified atom stereocenters. The Morgan fingerprint density at radius 3 is 2.44 bits per heavy atom. The van der Waals surface area contributed by atoms with Gasteiger partial charge in [0, 0.05) is 18.2 Å². The minimum absolute atomic E-state index is 0.0556. The molecule has 0 saturated heterocycles. The van der Waals surface area contributed by atoms with Crippen molar-refractivity contribution < 1.29 is 9.50 Å². The van der Waals surface area contributed by atoms with Crippen LogP contribution in [0.5, 0.6) is 5.75 Å². The summed E-state index contributed by atoms with van der Waals surface area (Å²) >= 11 is 0. The summed E-state index contributed by atoms with van der Waals surface area (Å²) in [5.41, 5.74) is 1.72. The molecule has 0 aliphatic rings. The maximum Gasteiger partial charge on any atom is 0.127 e. The summed E-state index contributed by atoms with van der Waals surface area (Å²) in [6.07, 6.45) is 0. The number of benzene rings is 2. The lowest BCUT2D eigenvalue weighted by atomic mass is 10.1. The van der Waals surface area contributed by atoms with Crippen LogP contribution in [0, 0.1) is 5.82 Å². The minimum atomic E-state index is -0.191. The second-order valence-corrected chi connectivity index (χ2v) is 4.29. The van der Waals surface area contributed by atoms with E-state index in [1.54, 1.807) is 24.3 Å². The van der Waals surface area contributed by atoms with E-state index in [0.717, 1.165) is 5.56 Å². The quantitative estimate of drug-likeness (QED) is 0.865. The number of phenolic OH excluding ortho intramolecular Hbond substituents is 1. The fourth-order valence-electron chi connectivity index (χ4n) is 1.82. The van der Waals surface area contributed by atoms with Gasteiger partial charge in [0.1, 0.15) is 11.6 Å². The monoisotopic (exact) mass is 245 g/mol. The lowest BCUT2D eigenvalue weighted by Gasteiger charge is -2.15. The molecule has 1 atom stereocenters. The van der Waals surface area contributed by atoms with E-state index in [-0.39, 0.29) is 17.6 Å². The van der Waals surface area contributed by atoms with Crippen molar-refractivity contribution in [1.82, 2.24) is 5.32 Å². The van der Waals surface area contributed by atoms with E-state index in [4.69, 9.17) is 0 Å². The molecular formula is C15H16FNO. The average molecular weight is 245 g/mol. The number of hydrogen-bond acceptors (Lipinski definition) is 2. The van der Waals surface area contributed by atoms with Gasteiger partial charge in [-0.25, -0.2) is 4.39 Å². The van der Waals surface area contributed by atoms with Crippen LogP contribution in [0.15, 0.2) is 48.5 Å². The smallest absolute Gasteiger partial charge is 0.127 e.